The average Bonchev–Trinajstić information content (AvgIpc) is 2.02. The Morgan fingerprint density at radius 2 is 0.536 bits per heavy atom. The van der Waals surface area contributed by atoms with E-state index in [1.165, 1.54) is 89.0 Å². The van der Waals surface area contributed by atoms with Crippen LogP contribution in [0.25, 0.3) is 55.6 Å². The Bertz CT molecular complexity index is 4850. The van der Waals surface area contributed by atoms with Crippen LogP contribution in [0.3, 0.4) is 0 Å². The topological polar surface area (TPSA) is 21.7 Å². The lowest BCUT2D eigenvalue weighted by atomic mass is 9.66. The van der Waals surface area contributed by atoms with Gasteiger partial charge in [-0.3, -0.25) is 0 Å². The van der Waals surface area contributed by atoms with Crippen molar-refractivity contribution in [2.24, 2.45) is 0 Å². The van der Waals surface area contributed by atoms with Gasteiger partial charge in [-0.05, 0) is 155 Å². The molecule has 0 N–H and O–H groups in total. The molecule has 3 spiro atoms. The molecule has 0 saturated heterocycles. The van der Waals surface area contributed by atoms with E-state index in [0.29, 0.717) is 0 Å². The first-order valence-corrected chi connectivity index (χ1v) is 29.2. The maximum atomic E-state index is 6.81. The van der Waals surface area contributed by atoms with Crippen molar-refractivity contribution in [3.63, 3.8) is 0 Å². The van der Waals surface area contributed by atoms with Gasteiger partial charge >= 0.3 is 0 Å². The van der Waals surface area contributed by atoms with Crippen molar-refractivity contribution >= 4 is 17.1 Å². The Labute approximate surface area is 487 Å². The van der Waals surface area contributed by atoms with Gasteiger partial charge in [0.25, 0.3) is 0 Å². The van der Waals surface area contributed by atoms with Crippen molar-refractivity contribution in [2.75, 3.05) is 4.90 Å². The molecule has 0 saturated carbocycles. The Hall–Kier alpha value is -10.7. The second-order valence-electron chi connectivity index (χ2n) is 23.2. The average molecular weight is 1070 g/mol. The summed E-state index contributed by atoms with van der Waals surface area (Å²) in [6, 6.07) is 111. The Morgan fingerprint density at radius 3 is 1.01 bits per heavy atom. The molecule has 0 amide bonds. The molecular weight excluding hydrogens is 1020 g/mol. The molecule has 3 nitrogen and oxygen atoms in total. The zero-order valence-electron chi connectivity index (χ0n) is 45.6. The third-order valence-electron chi connectivity index (χ3n) is 19.6. The molecule has 3 heteroatoms. The molecule has 0 fully saturated rings. The highest BCUT2D eigenvalue weighted by Crippen LogP contribution is 2.67. The number of rotatable bonds is 4. The van der Waals surface area contributed by atoms with Gasteiger partial charge in [0.1, 0.15) is 23.0 Å². The van der Waals surface area contributed by atoms with Crippen LogP contribution >= 0.6 is 0 Å². The number of hydrogen-bond donors (Lipinski definition) is 0. The maximum absolute atomic E-state index is 6.81. The third kappa shape index (κ3) is 5.62. The standard InChI is InChI=1S/C81H49NO2/c1-6-25-61-54(20-1)55-21-2-7-26-62(55)79(61)63-27-8-3-23-57(63)59-47-45-53(49-72(59)79)82(73-35-19-34-70-78(73)60-24-5-10-29-65(60)80(70)66-30-11-15-36-74(66)83-75-37-16-12-31-67(75)80)52-43-40-50(41-44-52)51-42-46-58-56-22-4-9-28-64(56)81(71(58)48-51)68-32-13-17-38-76(68)84-77-39-18-14-33-69(77)81/h1-49H. The molecule has 0 unspecified atom stereocenters. The number of fused-ring (bicyclic) bond motifs is 28. The van der Waals surface area contributed by atoms with E-state index in [4.69, 9.17) is 9.47 Å². The summed E-state index contributed by atoms with van der Waals surface area (Å²) in [4.78, 5) is 2.55. The molecule has 0 radical (unpaired) electrons. The van der Waals surface area contributed by atoms with E-state index in [1.807, 2.05) is 0 Å². The fourth-order valence-corrected chi connectivity index (χ4v) is 16.6. The quantitative estimate of drug-likeness (QED) is 0.175. The molecule has 2 aliphatic heterocycles. The fourth-order valence-electron chi connectivity index (χ4n) is 16.6. The van der Waals surface area contributed by atoms with E-state index in [1.54, 1.807) is 0 Å². The van der Waals surface area contributed by atoms with Gasteiger partial charge in [0.2, 0.25) is 0 Å². The molecule has 6 aliphatic rings. The van der Waals surface area contributed by atoms with Crippen LogP contribution in [-0.2, 0) is 16.2 Å². The minimum absolute atomic E-state index is 0.522. The largest absolute Gasteiger partial charge is 0.457 e. The van der Waals surface area contributed by atoms with Gasteiger partial charge in [-0.1, -0.05) is 237 Å². The highest BCUT2D eigenvalue weighted by molar-refractivity contribution is 6.01. The van der Waals surface area contributed by atoms with Crippen molar-refractivity contribution < 1.29 is 9.47 Å². The fraction of sp³-hybridized carbons (Fsp3) is 0.0370. The predicted octanol–water partition coefficient (Wildman–Crippen LogP) is 20.1. The van der Waals surface area contributed by atoms with Crippen molar-refractivity contribution in [1.29, 1.82) is 0 Å². The number of anilines is 3. The normalized spacial score (nSPS) is 14.9. The van der Waals surface area contributed by atoms with Gasteiger partial charge in [-0.2, -0.15) is 0 Å². The molecule has 2 heterocycles. The van der Waals surface area contributed by atoms with Crippen LogP contribution < -0.4 is 14.4 Å². The molecule has 84 heavy (non-hydrogen) atoms. The molecule has 4 aliphatic carbocycles. The molecular formula is C81H49NO2. The predicted molar refractivity (Wildman–Crippen MR) is 338 cm³/mol. The van der Waals surface area contributed by atoms with Gasteiger partial charge in [0.05, 0.1) is 21.9 Å². The van der Waals surface area contributed by atoms with Crippen molar-refractivity contribution in [3.8, 4) is 78.6 Å². The smallest absolute Gasteiger partial charge is 0.132 e. The first-order valence-electron chi connectivity index (χ1n) is 29.2. The molecule has 0 aromatic heterocycles. The number of para-hydroxylation sites is 4. The second-order valence-corrected chi connectivity index (χ2v) is 23.2. The summed E-state index contributed by atoms with van der Waals surface area (Å²) in [5.74, 6) is 3.54. The maximum Gasteiger partial charge on any atom is 0.132 e. The van der Waals surface area contributed by atoms with Gasteiger partial charge in [-0.15, -0.1) is 0 Å². The summed E-state index contributed by atoms with van der Waals surface area (Å²) in [5.41, 5.74) is 28.8. The van der Waals surface area contributed by atoms with Gasteiger partial charge in [0, 0.05) is 39.2 Å². The SMILES string of the molecule is c1ccc2c(c1)Oc1ccccc1C21c2ccccc2-c2ccc(-c3ccc(N(c4ccc5c(c4)C4(c6ccccc6-c6ccccc64)c4ccccc4-5)c4cccc5c4-c4ccccc4C54c5ccccc5Oc5ccccc54)cc3)cc21. The second kappa shape index (κ2) is 16.7. The highest BCUT2D eigenvalue weighted by atomic mass is 16.5. The molecule has 19 rings (SSSR count). The highest BCUT2D eigenvalue weighted by Gasteiger charge is 2.55. The first-order chi connectivity index (χ1) is 41.7. The Balaban J connectivity index is 0.846. The number of ether oxygens (including phenoxy) is 2. The van der Waals surface area contributed by atoms with Crippen molar-refractivity contribution in [2.45, 2.75) is 16.2 Å². The lowest BCUT2D eigenvalue weighted by Gasteiger charge is -2.39. The zero-order valence-corrected chi connectivity index (χ0v) is 45.6. The van der Waals surface area contributed by atoms with Crippen LogP contribution in [-0.4, -0.2) is 0 Å². The van der Waals surface area contributed by atoms with E-state index in [9.17, 15) is 0 Å². The number of nitrogens with zero attached hydrogens (tertiary/aromatic N) is 1. The summed E-state index contributed by atoms with van der Waals surface area (Å²) < 4.78 is 13.5. The van der Waals surface area contributed by atoms with E-state index < -0.39 is 16.2 Å². The van der Waals surface area contributed by atoms with E-state index in [0.717, 1.165) is 73.4 Å². The van der Waals surface area contributed by atoms with Crippen LogP contribution in [0.15, 0.2) is 297 Å². The van der Waals surface area contributed by atoms with Crippen LogP contribution in [0.2, 0.25) is 0 Å². The molecule has 0 atom stereocenters. The number of benzene rings is 13. The van der Waals surface area contributed by atoms with Crippen LogP contribution in [0.4, 0.5) is 17.1 Å². The minimum Gasteiger partial charge on any atom is -0.457 e. The van der Waals surface area contributed by atoms with Gasteiger partial charge in [0.15, 0.2) is 0 Å². The zero-order chi connectivity index (χ0) is 54.9. The number of hydrogen-bond acceptors (Lipinski definition) is 3. The third-order valence-corrected chi connectivity index (χ3v) is 19.6. The van der Waals surface area contributed by atoms with Crippen molar-refractivity contribution in [3.05, 3.63) is 364 Å². The van der Waals surface area contributed by atoms with E-state index in [2.05, 4.69) is 302 Å². The van der Waals surface area contributed by atoms with Gasteiger partial charge < -0.3 is 14.4 Å². The van der Waals surface area contributed by atoms with Crippen LogP contribution in [0.5, 0.6) is 23.0 Å². The van der Waals surface area contributed by atoms with Crippen LogP contribution in [0, 0.1) is 0 Å². The molecule has 13 aromatic carbocycles. The first kappa shape index (κ1) is 45.9. The van der Waals surface area contributed by atoms with Gasteiger partial charge in [-0.25, -0.2) is 0 Å². The minimum atomic E-state index is -0.639. The summed E-state index contributed by atoms with van der Waals surface area (Å²) in [7, 11) is 0. The lowest BCUT2D eigenvalue weighted by Crippen LogP contribution is -2.32. The van der Waals surface area contributed by atoms with Crippen LogP contribution in [0.1, 0.15) is 66.8 Å². The Morgan fingerprint density at radius 1 is 0.214 bits per heavy atom. The lowest BCUT2D eigenvalue weighted by molar-refractivity contribution is 0.436. The molecule has 13 aromatic rings. The molecule has 0 bridgehead atoms. The summed E-state index contributed by atoms with van der Waals surface area (Å²) in [6.45, 7) is 0. The summed E-state index contributed by atoms with van der Waals surface area (Å²) in [6.07, 6.45) is 0. The molecule has 390 valence electrons. The monoisotopic (exact) mass is 1070 g/mol. The Kier molecular flexibility index (Phi) is 9.13. The van der Waals surface area contributed by atoms with E-state index in [-0.39, 0.29) is 0 Å². The van der Waals surface area contributed by atoms with E-state index >= 15 is 0 Å². The summed E-state index contributed by atoms with van der Waals surface area (Å²) in [5, 5.41) is 0. The van der Waals surface area contributed by atoms with Crippen molar-refractivity contribution in [1.82, 2.24) is 0 Å². The summed E-state index contributed by atoms with van der Waals surface area (Å²) >= 11 is 0.